The molecule has 0 spiro atoms. The molecule has 2 unspecified atom stereocenters. The maximum Gasteiger partial charge on any atom is 0.00958 e. The van der Waals surface area contributed by atoms with Crippen LogP contribution in [0.3, 0.4) is 0 Å². The topological polar surface area (TPSA) is 15.3 Å². The fourth-order valence-corrected chi connectivity index (χ4v) is 2.96. The monoisotopic (exact) mass is 254 g/mol. The lowest BCUT2D eigenvalue weighted by Crippen LogP contribution is -2.34. The quantitative estimate of drug-likeness (QED) is 0.677. The molecule has 0 saturated heterocycles. The lowest BCUT2D eigenvalue weighted by molar-refractivity contribution is 0.268. The zero-order valence-corrected chi connectivity index (χ0v) is 13.0. The molecule has 18 heavy (non-hydrogen) atoms. The second kappa shape index (κ2) is 8.92. The summed E-state index contributed by atoms with van der Waals surface area (Å²) in [6.07, 6.45) is 8.26. The van der Waals surface area contributed by atoms with Gasteiger partial charge in [0.05, 0.1) is 0 Å². The molecule has 1 N–H and O–H groups in total. The molecule has 2 heteroatoms. The Hall–Kier alpha value is -0.0800. The van der Waals surface area contributed by atoms with Gasteiger partial charge in [0.15, 0.2) is 0 Å². The van der Waals surface area contributed by atoms with Crippen molar-refractivity contribution in [2.75, 3.05) is 26.7 Å². The average molecular weight is 254 g/mol. The maximum absolute atomic E-state index is 3.74. The molecule has 2 atom stereocenters. The fraction of sp³-hybridized carbons (Fsp3) is 1.00. The van der Waals surface area contributed by atoms with Crippen LogP contribution in [0.15, 0.2) is 0 Å². The number of nitrogens with zero attached hydrogens (tertiary/aromatic N) is 1. The van der Waals surface area contributed by atoms with E-state index in [1.54, 1.807) is 0 Å². The molecule has 0 bridgehead atoms. The van der Waals surface area contributed by atoms with Gasteiger partial charge in [-0.25, -0.2) is 0 Å². The van der Waals surface area contributed by atoms with E-state index in [0.717, 1.165) is 17.9 Å². The minimum Gasteiger partial charge on any atom is -0.314 e. The van der Waals surface area contributed by atoms with Gasteiger partial charge in [-0.3, -0.25) is 0 Å². The first-order valence-electron chi connectivity index (χ1n) is 8.05. The predicted octanol–water partition coefficient (Wildman–Crippen LogP) is 3.52. The second-order valence-corrected chi connectivity index (χ2v) is 6.53. The number of hydrogen-bond donors (Lipinski definition) is 1. The zero-order valence-electron chi connectivity index (χ0n) is 13.0. The number of hydrogen-bond acceptors (Lipinski definition) is 2. The van der Waals surface area contributed by atoms with Crippen LogP contribution in [0.1, 0.15) is 59.3 Å². The van der Waals surface area contributed by atoms with Crippen molar-refractivity contribution in [2.45, 2.75) is 65.3 Å². The molecule has 0 heterocycles. The van der Waals surface area contributed by atoms with Gasteiger partial charge in [0.1, 0.15) is 0 Å². The molecule has 1 saturated carbocycles. The van der Waals surface area contributed by atoms with E-state index in [1.165, 1.54) is 58.2 Å². The molecule has 1 aliphatic carbocycles. The van der Waals surface area contributed by atoms with E-state index in [9.17, 15) is 0 Å². The summed E-state index contributed by atoms with van der Waals surface area (Å²) in [5.74, 6) is 1.76. The van der Waals surface area contributed by atoms with Crippen LogP contribution in [0, 0.1) is 11.8 Å². The zero-order chi connectivity index (χ0) is 13.4. The Balaban J connectivity index is 2.16. The van der Waals surface area contributed by atoms with Crippen LogP contribution in [0.4, 0.5) is 0 Å². The highest BCUT2D eigenvalue weighted by molar-refractivity contribution is 4.83. The largest absolute Gasteiger partial charge is 0.314 e. The molecule has 0 radical (unpaired) electrons. The van der Waals surface area contributed by atoms with Gasteiger partial charge in [-0.1, -0.05) is 27.2 Å². The van der Waals surface area contributed by atoms with E-state index in [4.69, 9.17) is 0 Å². The molecule has 0 aromatic heterocycles. The van der Waals surface area contributed by atoms with E-state index in [0.29, 0.717) is 0 Å². The molecule has 1 fully saturated rings. The lowest BCUT2D eigenvalue weighted by atomic mass is 9.99. The molecule has 0 amide bonds. The van der Waals surface area contributed by atoms with Crippen molar-refractivity contribution < 1.29 is 0 Å². The van der Waals surface area contributed by atoms with Crippen LogP contribution >= 0.6 is 0 Å². The van der Waals surface area contributed by atoms with Gasteiger partial charge in [0.25, 0.3) is 0 Å². The van der Waals surface area contributed by atoms with Crippen molar-refractivity contribution in [1.82, 2.24) is 10.2 Å². The molecule has 1 aliphatic rings. The van der Waals surface area contributed by atoms with Crippen molar-refractivity contribution in [3.8, 4) is 0 Å². The smallest absolute Gasteiger partial charge is 0.00958 e. The first-order valence-corrected chi connectivity index (χ1v) is 8.05. The third-order valence-corrected chi connectivity index (χ3v) is 4.29. The highest BCUT2D eigenvalue weighted by atomic mass is 15.1. The van der Waals surface area contributed by atoms with E-state index in [-0.39, 0.29) is 0 Å². The lowest BCUT2D eigenvalue weighted by Gasteiger charge is -2.24. The summed E-state index contributed by atoms with van der Waals surface area (Å²) in [7, 11) is 2.28. The molecular weight excluding hydrogens is 220 g/mol. The van der Waals surface area contributed by atoms with Gasteiger partial charge in [-0.2, -0.15) is 0 Å². The van der Waals surface area contributed by atoms with Gasteiger partial charge >= 0.3 is 0 Å². The van der Waals surface area contributed by atoms with Gasteiger partial charge in [0.2, 0.25) is 0 Å². The van der Waals surface area contributed by atoms with E-state index in [1.807, 2.05) is 0 Å². The summed E-state index contributed by atoms with van der Waals surface area (Å²) in [5, 5.41) is 3.74. The number of rotatable bonds is 9. The normalized spacial score (nSPS) is 24.3. The van der Waals surface area contributed by atoms with Crippen LogP contribution in [0.25, 0.3) is 0 Å². The molecule has 2 nitrogen and oxygen atoms in total. The van der Waals surface area contributed by atoms with Crippen molar-refractivity contribution in [3.63, 3.8) is 0 Å². The van der Waals surface area contributed by atoms with Gasteiger partial charge < -0.3 is 10.2 Å². The van der Waals surface area contributed by atoms with E-state index >= 15 is 0 Å². The molecule has 108 valence electrons. The van der Waals surface area contributed by atoms with Crippen molar-refractivity contribution >= 4 is 0 Å². The molecule has 0 aromatic carbocycles. The maximum atomic E-state index is 3.74. The van der Waals surface area contributed by atoms with Gasteiger partial charge in [0, 0.05) is 6.04 Å². The molecule has 1 rings (SSSR count). The highest BCUT2D eigenvalue weighted by Crippen LogP contribution is 2.28. The summed E-state index contributed by atoms with van der Waals surface area (Å²) < 4.78 is 0. The summed E-state index contributed by atoms with van der Waals surface area (Å²) in [6.45, 7) is 10.6. The molecule has 0 aromatic rings. The Bertz CT molecular complexity index is 203. The van der Waals surface area contributed by atoms with Crippen LogP contribution < -0.4 is 5.32 Å². The standard InChI is InChI=1S/C16H34N2/c1-5-11-17-16-8-6-7-15(16)10-13-18(4)12-9-14(2)3/h14-17H,5-13H2,1-4H3. The predicted molar refractivity (Wildman–Crippen MR) is 81.0 cm³/mol. The summed E-state index contributed by atoms with van der Waals surface area (Å²) in [4.78, 5) is 2.52. The van der Waals surface area contributed by atoms with Crippen molar-refractivity contribution in [2.24, 2.45) is 11.8 Å². The Morgan fingerprint density at radius 3 is 2.67 bits per heavy atom. The van der Waals surface area contributed by atoms with Crippen LogP contribution in [-0.2, 0) is 0 Å². The first kappa shape index (κ1) is 16.0. The van der Waals surface area contributed by atoms with Gasteiger partial charge in [-0.05, 0) is 70.6 Å². The summed E-state index contributed by atoms with van der Waals surface area (Å²) in [6, 6.07) is 0.809. The minimum atomic E-state index is 0.809. The third-order valence-electron chi connectivity index (χ3n) is 4.29. The fourth-order valence-electron chi connectivity index (χ4n) is 2.96. The van der Waals surface area contributed by atoms with Crippen LogP contribution in [0.5, 0.6) is 0 Å². The summed E-state index contributed by atoms with van der Waals surface area (Å²) >= 11 is 0. The second-order valence-electron chi connectivity index (χ2n) is 6.53. The molecule has 0 aliphatic heterocycles. The van der Waals surface area contributed by atoms with Crippen molar-refractivity contribution in [3.05, 3.63) is 0 Å². The SMILES string of the molecule is CCCNC1CCCC1CCN(C)CCC(C)C. The highest BCUT2D eigenvalue weighted by Gasteiger charge is 2.26. The van der Waals surface area contributed by atoms with Gasteiger partial charge in [-0.15, -0.1) is 0 Å². The van der Waals surface area contributed by atoms with Crippen LogP contribution in [0.2, 0.25) is 0 Å². The Morgan fingerprint density at radius 1 is 1.22 bits per heavy atom. The Morgan fingerprint density at radius 2 is 2.00 bits per heavy atom. The van der Waals surface area contributed by atoms with E-state index in [2.05, 4.69) is 38.0 Å². The number of nitrogens with one attached hydrogen (secondary N) is 1. The molecular formula is C16H34N2. The minimum absolute atomic E-state index is 0.809. The third kappa shape index (κ3) is 6.19. The van der Waals surface area contributed by atoms with Crippen LogP contribution in [-0.4, -0.2) is 37.6 Å². The average Bonchev–Trinajstić information content (AvgIpc) is 2.78. The van der Waals surface area contributed by atoms with Crippen molar-refractivity contribution in [1.29, 1.82) is 0 Å². The Labute approximate surface area is 115 Å². The summed E-state index contributed by atoms with van der Waals surface area (Å²) in [5.41, 5.74) is 0. The van der Waals surface area contributed by atoms with E-state index < -0.39 is 0 Å². The Kier molecular flexibility index (Phi) is 7.92. The first-order chi connectivity index (χ1) is 8.63.